The molecule has 7 nitrogen and oxygen atoms in total. The monoisotopic (exact) mass is 562 g/mol. The van der Waals surface area contributed by atoms with Gasteiger partial charge in [0.15, 0.2) is 5.96 Å². The summed E-state index contributed by atoms with van der Waals surface area (Å²) in [5.41, 5.74) is 4.66. The van der Waals surface area contributed by atoms with E-state index >= 15 is 0 Å². The van der Waals surface area contributed by atoms with E-state index in [4.69, 9.17) is 9.73 Å². The van der Waals surface area contributed by atoms with Crippen LogP contribution in [0.3, 0.4) is 0 Å². The van der Waals surface area contributed by atoms with Crippen LogP contribution in [0.4, 0.5) is 0 Å². The second-order valence-corrected chi connectivity index (χ2v) is 8.11. The first kappa shape index (κ1) is 25.5. The zero-order valence-electron chi connectivity index (χ0n) is 19.4. The number of morpholine rings is 1. The Morgan fingerprint density at radius 3 is 2.58 bits per heavy atom. The van der Waals surface area contributed by atoms with Crippen LogP contribution < -0.4 is 10.6 Å². The number of hydrogen-bond acceptors (Lipinski definition) is 4. The van der Waals surface area contributed by atoms with Gasteiger partial charge >= 0.3 is 0 Å². The Balaban J connectivity index is 0.00000306. The SMILES string of the molecule is CCNC(=NCc1ccc(Cn2cnc3ccccc32)cc1)NCCCN1CCOCC1.I. The fourth-order valence-corrected chi connectivity index (χ4v) is 3.93. The van der Waals surface area contributed by atoms with E-state index in [1.165, 1.54) is 11.1 Å². The molecule has 0 spiro atoms. The van der Waals surface area contributed by atoms with Gasteiger partial charge in [0.25, 0.3) is 0 Å². The summed E-state index contributed by atoms with van der Waals surface area (Å²) in [7, 11) is 0. The van der Waals surface area contributed by atoms with Crippen LogP contribution in [0.15, 0.2) is 59.9 Å². The number of aromatic nitrogens is 2. The van der Waals surface area contributed by atoms with Crippen molar-refractivity contribution in [2.45, 2.75) is 26.4 Å². The molecule has 0 bridgehead atoms. The third-order valence-electron chi connectivity index (χ3n) is 5.71. The summed E-state index contributed by atoms with van der Waals surface area (Å²) >= 11 is 0. The predicted octanol–water partition coefficient (Wildman–Crippen LogP) is 3.48. The Hall–Kier alpha value is -2.17. The maximum Gasteiger partial charge on any atom is 0.191 e. The number of rotatable bonds is 9. The van der Waals surface area contributed by atoms with Crippen LogP contribution in [-0.2, 0) is 17.8 Å². The first-order valence-corrected chi connectivity index (χ1v) is 11.6. The number of aliphatic imine (C=N–C) groups is 1. The van der Waals surface area contributed by atoms with E-state index in [2.05, 4.69) is 68.4 Å². The number of nitrogens with one attached hydrogen (secondary N) is 2. The lowest BCUT2D eigenvalue weighted by Gasteiger charge is -2.26. The molecule has 178 valence electrons. The summed E-state index contributed by atoms with van der Waals surface area (Å²) in [6.07, 6.45) is 3.01. The second-order valence-electron chi connectivity index (χ2n) is 8.11. The van der Waals surface area contributed by atoms with E-state index in [-0.39, 0.29) is 24.0 Å². The maximum absolute atomic E-state index is 5.41. The minimum Gasteiger partial charge on any atom is -0.379 e. The second kappa shape index (κ2) is 13.5. The van der Waals surface area contributed by atoms with Crippen molar-refractivity contribution in [1.82, 2.24) is 25.1 Å². The third-order valence-corrected chi connectivity index (χ3v) is 5.71. The van der Waals surface area contributed by atoms with Gasteiger partial charge in [-0.1, -0.05) is 36.4 Å². The summed E-state index contributed by atoms with van der Waals surface area (Å²) < 4.78 is 7.60. The first-order chi connectivity index (χ1) is 15.8. The van der Waals surface area contributed by atoms with E-state index < -0.39 is 0 Å². The molecule has 2 N–H and O–H groups in total. The van der Waals surface area contributed by atoms with Crippen LogP contribution in [0.25, 0.3) is 11.0 Å². The van der Waals surface area contributed by atoms with Crippen molar-refractivity contribution in [3.8, 4) is 0 Å². The number of benzene rings is 2. The molecule has 2 heterocycles. The molecule has 8 heteroatoms. The van der Waals surface area contributed by atoms with Gasteiger partial charge in [0, 0.05) is 32.7 Å². The minimum atomic E-state index is 0. The molecule has 0 atom stereocenters. The van der Waals surface area contributed by atoms with Gasteiger partial charge in [-0.3, -0.25) is 4.90 Å². The van der Waals surface area contributed by atoms with Crippen molar-refractivity contribution in [2.75, 3.05) is 45.9 Å². The highest BCUT2D eigenvalue weighted by atomic mass is 127. The minimum absolute atomic E-state index is 0. The van der Waals surface area contributed by atoms with Crippen LogP contribution in [0.2, 0.25) is 0 Å². The molecular weight excluding hydrogens is 527 g/mol. The Labute approximate surface area is 213 Å². The van der Waals surface area contributed by atoms with Gasteiger partial charge in [-0.2, -0.15) is 0 Å². The highest BCUT2D eigenvalue weighted by Crippen LogP contribution is 2.14. The van der Waals surface area contributed by atoms with Gasteiger partial charge in [-0.15, -0.1) is 24.0 Å². The molecule has 2 aromatic carbocycles. The molecule has 1 aliphatic rings. The van der Waals surface area contributed by atoms with Crippen LogP contribution in [0.5, 0.6) is 0 Å². The van der Waals surface area contributed by atoms with Crippen LogP contribution in [0, 0.1) is 0 Å². The third kappa shape index (κ3) is 7.68. The molecule has 4 rings (SSSR count). The molecule has 0 aliphatic carbocycles. The number of fused-ring (bicyclic) bond motifs is 1. The number of para-hydroxylation sites is 2. The van der Waals surface area contributed by atoms with E-state index in [1.807, 2.05) is 18.5 Å². The van der Waals surface area contributed by atoms with Crippen LogP contribution in [-0.4, -0.2) is 66.3 Å². The molecule has 0 amide bonds. The lowest BCUT2D eigenvalue weighted by Crippen LogP contribution is -2.40. The topological polar surface area (TPSA) is 66.7 Å². The summed E-state index contributed by atoms with van der Waals surface area (Å²) in [6, 6.07) is 16.9. The predicted molar refractivity (Wildman–Crippen MR) is 145 cm³/mol. The zero-order valence-corrected chi connectivity index (χ0v) is 21.7. The summed E-state index contributed by atoms with van der Waals surface area (Å²) in [5.74, 6) is 0.878. The summed E-state index contributed by atoms with van der Waals surface area (Å²) in [4.78, 5) is 11.7. The molecule has 33 heavy (non-hydrogen) atoms. The molecule has 1 aromatic heterocycles. The lowest BCUT2D eigenvalue weighted by atomic mass is 10.1. The Kier molecular flexibility index (Phi) is 10.4. The zero-order chi connectivity index (χ0) is 22.0. The smallest absolute Gasteiger partial charge is 0.191 e. The standard InChI is InChI=1S/C25H34N6O.HI/c1-2-26-25(27-12-5-13-30-14-16-32-17-15-30)28-18-21-8-10-22(11-9-21)19-31-20-29-23-6-3-4-7-24(23)31;/h3-4,6-11,20H,2,5,12-19H2,1H3,(H2,26,27,28);1H. The molecular formula is C25H35IN6O. The van der Waals surface area contributed by atoms with E-state index in [0.29, 0.717) is 6.54 Å². The summed E-state index contributed by atoms with van der Waals surface area (Å²) in [5, 5.41) is 6.80. The number of guanidine groups is 1. The Morgan fingerprint density at radius 1 is 1.03 bits per heavy atom. The van der Waals surface area contributed by atoms with Gasteiger partial charge < -0.3 is 19.9 Å². The first-order valence-electron chi connectivity index (χ1n) is 11.6. The Morgan fingerprint density at radius 2 is 1.79 bits per heavy atom. The maximum atomic E-state index is 5.41. The molecule has 0 radical (unpaired) electrons. The molecule has 1 saturated heterocycles. The van der Waals surface area contributed by atoms with Crippen LogP contribution in [0.1, 0.15) is 24.5 Å². The van der Waals surface area contributed by atoms with E-state index in [9.17, 15) is 0 Å². The number of imidazole rings is 1. The fourth-order valence-electron chi connectivity index (χ4n) is 3.93. The van der Waals surface area contributed by atoms with E-state index in [0.717, 1.165) is 75.9 Å². The van der Waals surface area contributed by atoms with Gasteiger partial charge in [0.1, 0.15) is 0 Å². The average Bonchev–Trinajstić information content (AvgIpc) is 3.24. The van der Waals surface area contributed by atoms with Crippen molar-refractivity contribution in [2.24, 2.45) is 4.99 Å². The van der Waals surface area contributed by atoms with Crippen molar-refractivity contribution in [1.29, 1.82) is 0 Å². The molecule has 1 aliphatic heterocycles. The fraction of sp³-hybridized carbons (Fsp3) is 0.440. The quantitative estimate of drug-likeness (QED) is 0.181. The molecule has 0 saturated carbocycles. The van der Waals surface area contributed by atoms with Crippen LogP contribution >= 0.6 is 24.0 Å². The molecule has 3 aromatic rings. The normalized spacial score (nSPS) is 14.8. The molecule has 0 unspecified atom stereocenters. The highest BCUT2D eigenvalue weighted by molar-refractivity contribution is 14.0. The van der Waals surface area contributed by atoms with E-state index in [1.54, 1.807) is 0 Å². The number of ether oxygens (including phenoxy) is 1. The van der Waals surface area contributed by atoms with Gasteiger partial charge in [0.2, 0.25) is 0 Å². The van der Waals surface area contributed by atoms with Gasteiger partial charge in [-0.05, 0) is 43.1 Å². The summed E-state index contributed by atoms with van der Waals surface area (Å²) in [6.45, 7) is 10.2. The van der Waals surface area contributed by atoms with Gasteiger partial charge in [-0.25, -0.2) is 9.98 Å². The highest BCUT2D eigenvalue weighted by Gasteiger charge is 2.09. The van der Waals surface area contributed by atoms with Crippen molar-refractivity contribution < 1.29 is 4.74 Å². The number of halogens is 1. The average molecular weight is 563 g/mol. The van der Waals surface area contributed by atoms with Crippen molar-refractivity contribution in [3.63, 3.8) is 0 Å². The number of nitrogens with zero attached hydrogens (tertiary/aromatic N) is 4. The van der Waals surface area contributed by atoms with Crippen molar-refractivity contribution >= 4 is 41.0 Å². The number of hydrogen-bond donors (Lipinski definition) is 2. The largest absolute Gasteiger partial charge is 0.379 e. The lowest BCUT2D eigenvalue weighted by molar-refractivity contribution is 0.0376. The Bertz CT molecular complexity index is 998. The van der Waals surface area contributed by atoms with Gasteiger partial charge in [0.05, 0.1) is 37.1 Å². The van der Waals surface area contributed by atoms with Crippen molar-refractivity contribution in [3.05, 3.63) is 66.0 Å². The molecule has 1 fully saturated rings.